The molecule has 10 nitrogen and oxygen atoms in total. The highest BCUT2D eigenvalue weighted by Gasteiger charge is 2.31. The number of nitrogens with zero attached hydrogens (tertiary/aromatic N) is 3. The molecule has 2 aromatic heterocycles. The summed E-state index contributed by atoms with van der Waals surface area (Å²) >= 11 is 0. The number of nitrogens with one attached hydrogen (secondary N) is 2. The molecule has 2 aromatic carbocycles. The zero-order valence-electron chi connectivity index (χ0n) is 22.4. The number of fused-ring (bicyclic) bond motifs is 1. The fourth-order valence-electron chi connectivity index (χ4n) is 4.38. The summed E-state index contributed by atoms with van der Waals surface area (Å²) in [5, 5.41) is 3.93. The topological polar surface area (TPSA) is 162 Å². The maximum Gasteiger partial charge on any atom is 0.573 e. The van der Waals surface area contributed by atoms with Gasteiger partial charge in [-0.05, 0) is 86.3 Å². The molecule has 13 heteroatoms. The molecule has 0 aliphatic rings. The van der Waals surface area contributed by atoms with Crippen molar-refractivity contribution in [2.24, 2.45) is 22.2 Å². The monoisotopic (exact) mass is 570 g/mol. The molecule has 0 amide bonds. The molecule has 0 aliphatic heterocycles. The Morgan fingerprint density at radius 3 is 2.54 bits per heavy atom. The van der Waals surface area contributed by atoms with Crippen LogP contribution in [0.3, 0.4) is 0 Å². The lowest BCUT2D eigenvalue weighted by Crippen LogP contribution is -2.23. The van der Waals surface area contributed by atoms with Crippen molar-refractivity contribution in [1.29, 1.82) is 0 Å². The minimum atomic E-state index is -4.82. The van der Waals surface area contributed by atoms with Gasteiger partial charge < -0.3 is 32.2 Å². The number of hydrogen-bond donors (Lipinski definition) is 5. The summed E-state index contributed by atoms with van der Waals surface area (Å²) < 4.78 is 44.6. The van der Waals surface area contributed by atoms with Gasteiger partial charge >= 0.3 is 12.1 Å². The smallest absolute Gasteiger partial charge is 0.406 e. The first-order chi connectivity index (χ1) is 19.6. The third-order valence-corrected chi connectivity index (χ3v) is 6.29. The zero-order chi connectivity index (χ0) is 29.4. The Balaban J connectivity index is 1.54. The first kappa shape index (κ1) is 29.6. The molecular weight excluding hydrogens is 537 g/mol. The van der Waals surface area contributed by atoms with E-state index in [1.54, 1.807) is 18.3 Å². The molecule has 8 N–H and O–H groups in total. The lowest BCUT2D eigenvalue weighted by Gasteiger charge is -2.12. The van der Waals surface area contributed by atoms with Crippen LogP contribution >= 0.6 is 0 Å². The molecule has 0 bridgehead atoms. The van der Waals surface area contributed by atoms with Gasteiger partial charge in [-0.2, -0.15) is 4.98 Å². The van der Waals surface area contributed by atoms with Crippen molar-refractivity contribution < 1.29 is 17.9 Å². The van der Waals surface area contributed by atoms with E-state index in [0.717, 1.165) is 31.4 Å². The van der Waals surface area contributed by atoms with Crippen LogP contribution in [0.5, 0.6) is 5.75 Å². The van der Waals surface area contributed by atoms with Crippen molar-refractivity contribution in [2.45, 2.75) is 38.6 Å². The van der Waals surface area contributed by atoms with Crippen LogP contribution < -0.4 is 32.9 Å². The lowest BCUT2D eigenvalue weighted by atomic mass is 10.0. The predicted molar refractivity (Wildman–Crippen MR) is 153 cm³/mol. The summed E-state index contributed by atoms with van der Waals surface area (Å²) in [6, 6.07) is 13.7. The second-order valence-electron chi connectivity index (χ2n) is 9.54. The number of aliphatic imine (C=N–C) groups is 1. The first-order valence-electron chi connectivity index (χ1n) is 13.2. The van der Waals surface area contributed by atoms with Crippen molar-refractivity contribution in [3.63, 3.8) is 0 Å². The van der Waals surface area contributed by atoms with Crippen LogP contribution in [0.25, 0.3) is 28.0 Å². The maximum absolute atomic E-state index is 13.0. The highest BCUT2D eigenvalue weighted by molar-refractivity contribution is 5.83. The van der Waals surface area contributed by atoms with Gasteiger partial charge in [-0.3, -0.25) is 9.56 Å². The molecule has 0 saturated heterocycles. The van der Waals surface area contributed by atoms with Crippen molar-refractivity contribution in [2.75, 3.05) is 19.6 Å². The number of aryl methyl sites for hydroxylation is 1. The zero-order valence-corrected chi connectivity index (χ0v) is 22.4. The highest BCUT2D eigenvalue weighted by Crippen LogP contribution is 2.31. The number of rotatable bonds is 13. The van der Waals surface area contributed by atoms with Gasteiger partial charge in [0.2, 0.25) is 0 Å². The van der Waals surface area contributed by atoms with Gasteiger partial charge in [-0.1, -0.05) is 12.1 Å². The normalized spacial score (nSPS) is 11.6. The van der Waals surface area contributed by atoms with Gasteiger partial charge in [-0.25, -0.2) is 4.79 Å². The number of halogens is 3. The molecule has 0 unspecified atom stereocenters. The molecular formula is C28H33F3N8O2. The van der Waals surface area contributed by atoms with Crippen LogP contribution in [0.15, 0.2) is 64.5 Å². The van der Waals surface area contributed by atoms with E-state index in [4.69, 9.17) is 17.2 Å². The third-order valence-electron chi connectivity index (χ3n) is 6.29. The van der Waals surface area contributed by atoms with E-state index in [0.29, 0.717) is 59.6 Å². The Labute approximate surface area is 234 Å². The van der Waals surface area contributed by atoms with Gasteiger partial charge in [0, 0.05) is 35.9 Å². The number of unbranched alkanes of at least 4 members (excludes halogenated alkanes) is 1. The highest BCUT2D eigenvalue weighted by atomic mass is 19.4. The maximum atomic E-state index is 13.0. The van der Waals surface area contributed by atoms with Crippen LogP contribution in [0.1, 0.15) is 30.4 Å². The second-order valence-corrected chi connectivity index (χ2v) is 9.54. The standard InChI is InChI=1S/C28H33F3N8O2/c29-28(30,31)41-23-13-19(4-1-2-9-32)12-20(14-23)24-15-21-17-39(27(40)38-25(21)37-24)22-7-5-18(6-8-22)16-35-10-3-11-36-26(33)34/h5-8,12-15,17,35H,1-4,9-11,16,32H2,(H4,33,34,36)(H,37,38,40). The number of nitrogens with two attached hydrogens (primary N) is 3. The quantitative estimate of drug-likeness (QED) is 0.0936. The average molecular weight is 571 g/mol. The number of benzene rings is 2. The van der Waals surface area contributed by atoms with Crippen molar-refractivity contribution in [3.05, 3.63) is 76.3 Å². The van der Waals surface area contributed by atoms with E-state index in [2.05, 4.69) is 25.0 Å². The summed E-state index contributed by atoms with van der Waals surface area (Å²) in [6.45, 7) is 2.43. The van der Waals surface area contributed by atoms with Crippen LogP contribution in [-0.2, 0) is 13.0 Å². The predicted octanol–water partition coefficient (Wildman–Crippen LogP) is 3.31. The molecule has 0 saturated carbocycles. The van der Waals surface area contributed by atoms with Gasteiger partial charge in [0.15, 0.2) is 5.96 Å². The van der Waals surface area contributed by atoms with Crippen LogP contribution in [-0.4, -0.2) is 46.5 Å². The molecule has 0 fully saturated rings. The molecule has 2 heterocycles. The van der Waals surface area contributed by atoms with Crippen LogP contribution in [0.2, 0.25) is 0 Å². The Bertz CT molecular complexity index is 1540. The minimum Gasteiger partial charge on any atom is -0.406 e. The summed E-state index contributed by atoms with van der Waals surface area (Å²) in [5.74, 6) is -0.236. The summed E-state index contributed by atoms with van der Waals surface area (Å²) in [4.78, 5) is 24.0. The number of H-pyrrole nitrogens is 1. The number of alkyl halides is 3. The lowest BCUT2D eigenvalue weighted by molar-refractivity contribution is -0.274. The molecule has 0 spiro atoms. The Morgan fingerprint density at radius 1 is 1.05 bits per heavy atom. The number of ether oxygens (including phenoxy) is 1. The van der Waals surface area contributed by atoms with E-state index in [1.807, 2.05) is 24.3 Å². The van der Waals surface area contributed by atoms with E-state index >= 15 is 0 Å². The number of guanidine groups is 1. The Hall–Kier alpha value is -4.36. The second kappa shape index (κ2) is 13.3. The molecule has 218 valence electrons. The first-order valence-corrected chi connectivity index (χ1v) is 13.2. The molecule has 0 aliphatic carbocycles. The SMILES string of the molecule is NCCCCc1cc(OC(F)(F)F)cc(-c2cc3cn(-c4ccc(CNCCCN=C(N)N)cc4)c(=O)nc3[nH]2)c1. The van der Waals surface area contributed by atoms with Crippen LogP contribution in [0.4, 0.5) is 13.2 Å². The number of aromatic nitrogens is 3. The molecule has 0 atom stereocenters. The minimum absolute atomic E-state index is 0.0762. The molecule has 4 rings (SSSR count). The summed E-state index contributed by atoms with van der Waals surface area (Å²) in [6.07, 6.45) is -0.344. The third kappa shape index (κ3) is 8.56. The molecule has 41 heavy (non-hydrogen) atoms. The van der Waals surface area contributed by atoms with Crippen LogP contribution in [0, 0.1) is 0 Å². The van der Waals surface area contributed by atoms with Gasteiger partial charge in [0.25, 0.3) is 0 Å². The fraction of sp³-hybridized carbons (Fsp3) is 0.321. The summed E-state index contributed by atoms with van der Waals surface area (Å²) in [7, 11) is 0. The van der Waals surface area contributed by atoms with E-state index in [1.165, 1.54) is 16.7 Å². The molecule has 0 radical (unpaired) electrons. The summed E-state index contributed by atoms with van der Waals surface area (Å²) in [5.41, 5.74) is 19.4. The van der Waals surface area contributed by atoms with E-state index in [-0.39, 0.29) is 11.7 Å². The van der Waals surface area contributed by atoms with E-state index in [9.17, 15) is 18.0 Å². The number of aromatic amines is 1. The molecule has 4 aromatic rings. The largest absolute Gasteiger partial charge is 0.573 e. The van der Waals surface area contributed by atoms with Crippen molar-refractivity contribution in [1.82, 2.24) is 19.9 Å². The van der Waals surface area contributed by atoms with Gasteiger partial charge in [0.05, 0.1) is 5.69 Å². The fourth-order valence-corrected chi connectivity index (χ4v) is 4.38. The number of hydrogen-bond acceptors (Lipinski definition) is 6. The average Bonchev–Trinajstić information content (AvgIpc) is 3.32. The van der Waals surface area contributed by atoms with Crippen molar-refractivity contribution >= 4 is 17.0 Å². The van der Waals surface area contributed by atoms with Crippen molar-refractivity contribution in [3.8, 4) is 22.7 Å². The van der Waals surface area contributed by atoms with Gasteiger partial charge in [-0.15, -0.1) is 13.2 Å². The van der Waals surface area contributed by atoms with E-state index < -0.39 is 12.1 Å². The Morgan fingerprint density at radius 2 is 1.83 bits per heavy atom. The Kier molecular flexibility index (Phi) is 9.63. The van der Waals surface area contributed by atoms with Gasteiger partial charge in [0.1, 0.15) is 11.4 Å².